The molecule has 1 saturated carbocycles. The Labute approximate surface area is 137 Å². The van der Waals surface area contributed by atoms with Crippen LogP contribution in [0.2, 0.25) is 0 Å². The average molecular weight is 315 g/mol. The van der Waals surface area contributed by atoms with Crippen molar-refractivity contribution in [1.29, 1.82) is 0 Å². The van der Waals surface area contributed by atoms with Crippen molar-refractivity contribution in [3.63, 3.8) is 0 Å². The molecule has 6 heteroatoms. The summed E-state index contributed by atoms with van der Waals surface area (Å²) in [5, 5.41) is 7.51. The van der Waals surface area contributed by atoms with Gasteiger partial charge in [-0.2, -0.15) is 4.98 Å². The minimum Gasteiger partial charge on any atom is -0.344 e. The van der Waals surface area contributed by atoms with Crippen LogP contribution in [-0.2, 0) is 6.54 Å². The fraction of sp³-hybridized carbons (Fsp3) is 0.588. The van der Waals surface area contributed by atoms with Gasteiger partial charge in [-0.25, -0.2) is 0 Å². The van der Waals surface area contributed by atoms with Crippen LogP contribution < -0.4 is 10.2 Å². The van der Waals surface area contributed by atoms with Gasteiger partial charge in [-0.05, 0) is 43.0 Å². The molecule has 3 rings (SSSR count). The second-order valence-electron chi connectivity index (χ2n) is 6.53. The topological polar surface area (TPSA) is 67.1 Å². The number of aromatic nitrogens is 3. The fourth-order valence-corrected chi connectivity index (χ4v) is 3.28. The lowest BCUT2D eigenvalue weighted by atomic mass is 9.82. The summed E-state index contributed by atoms with van der Waals surface area (Å²) in [4.78, 5) is 10.8. The first-order valence-corrected chi connectivity index (χ1v) is 8.28. The molecule has 2 aromatic rings. The van der Waals surface area contributed by atoms with Gasteiger partial charge in [-0.3, -0.25) is 4.98 Å². The molecule has 0 radical (unpaired) electrons. The van der Waals surface area contributed by atoms with Crippen LogP contribution in [0.3, 0.4) is 0 Å². The van der Waals surface area contributed by atoms with Gasteiger partial charge in [0.2, 0.25) is 5.89 Å². The Morgan fingerprint density at radius 1 is 1.35 bits per heavy atom. The summed E-state index contributed by atoms with van der Waals surface area (Å²) in [6.07, 6.45) is 6.66. The number of hydrogen-bond acceptors (Lipinski definition) is 6. The van der Waals surface area contributed by atoms with Crippen molar-refractivity contribution in [1.82, 2.24) is 20.4 Å². The third kappa shape index (κ3) is 3.88. The van der Waals surface area contributed by atoms with Crippen LogP contribution in [0.5, 0.6) is 0 Å². The molecule has 23 heavy (non-hydrogen) atoms. The van der Waals surface area contributed by atoms with Crippen LogP contribution in [-0.4, -0.2) is 35.3 Å². The SMILES string of the molecule is Cc1cccnc1C1CCCC(NCc2nc(N(C)C)no2)C1. The molecule has 2 aromatic heterocycles. The molecule has 1 fully saturated rings. The highest BCUT2D eigenvalue weighted by molar-refractivity contribution is 5.24. The summed E-state index contributed by atoms with van der Waals surface area (Å²) >= 11 is 0. The van der Waals surface area contributed by atoms with Crippen LogP contribution in [0.4, 0.5) is 5.95 Å². The Morgan fingerprint density at radius 2 is 2.22 bits per heavy atom. The maximum absolute atomic E-state index is 5.27. The molecule has 0 bridgehead atoms. The van der Waals surface area contributed by atoms with E-state index in [4.69, 9.17) is 4.52 Å². The molecule has 0 aromatic carbocycles. The molecule has 124 valence electrons. The van der Waals surface area contributed by atoms with E-state index < -0.39 is 0 Å². The van der Waals surface area contributed by atoms with E-state index in [1.165, 1.54) is 30.5 Å². The van der Waals surface area contributed by atoms with E-state index in [1.807, 2.05) is 31.3 Å². The summed E-state index contributed by atoms with van der Waals surface area (Å²) < 4.78 is 5.27. The van der Waals surface area contributed by atoms with Crippen molar-refractivity contribution in [2.45, 2.75) is 51.1 Å². The van der Waals surface area contributed by atoms with Crippen LogP contribution in [0.1, 0.15) is 48.7 Å². The van der Waals surface area contributed by atoms with Crippen molar-refractivity contribution in [3.05, 3.63) is 35.5 Å². The number of pyridine rings is 1. The van der Waals surface area contributed by atoms with Gasteiger partial charge >= 0.3 is 0 Å². The number of anilines is 1. The quantitative estimate of drug-likeness (QED) is 0.915. The fourth-order valence-electron chi connectivity index (χ4n) is 3.28. The minimum absolute atomic E-state index is 0.477. The third-order valence-electron chi connectivity index (χ3n) is 4.51. The molecule has 1 aliphatic rings. The zero-order valence-corrected chi connectivity index (χ0v) is 14.1. The molecular formula is C17H25N5O. The van der Waals surface area contributed by atoms with Crippen LogP contribution in [0, 0.1) is 6.92 Å². The van der Waals surface area contributed by atoms with Gasteiger partial charge in [0.1, 0.15) is 0 Å². The van der Waals surface area contributed by atoms with Gasteiger partial charge in [0.25, 0.3) is 5.95 Å². The van der Waals surface area contributed by atoms with Gasteiger partial charge in [0.15, 0.2) is 0 Å². The molecule has 2 atom stereocenters. The smallest absolute Gasteiger partial charge is 0.265 e. The Hall–Kier alpha value is -1.95. The number of nitrogens with one attached hydrogen (secondary N) is 1. The van der Waals surface area contributed by atoms with E-state index in [0.29, 0.717) is 30.3 Å². The Morgan fingerprint density at radius 3 is 2.96 bits per heavy atom. The van der Waals surface area contributed by atoms with E-state index in [1.54, 1.807) is 0 Å². The second kappa shape index (κ2) is 7.08. The molecule has 1 aliphatic carbocycles. The summed E-state index contributed by atoms with van der Waals surface area (Å²) in [5.41, 5.74) is 2.55. The molecule has 6 nitrogen and oxygen atoms in total. The van der Waals surface area contributed by atoms with Gasteiger partial charge in [-0.15, -0.1) is 0 Å². The summed E-state index contributed by atoms with van der Waals surface area (Å²) in [7, 11) is 3.81. The van der Waals surface area contributed by atoms with E-state index in [2.05, 4.69) is 33.4 Å². The normalized spacial score (nSPS) is 21.3. The first-order chi connectivity index (χ1) is 11.1. The van der Waals surface area contributed by atoms with Gasteiger partial charge in [-0.1, -0.05) is 12.5 Å². The zero-order valence-electron chi connectivity index (χ0n) is 14.1. The minimum atomic E-state index is 0.477. The first kappa shape index (κ1) is 15.9. The van der Waals surface area contributed by atoms with E-state index in [-0.39, 0.29) is 0 Å². The Balaban J connectivity index is 1.57. The monoisotopic (exact) mass is 315 g/mol. The lowest BCUT2D eigenvalue weighted by Gasteiger charge is -2.30. The molecule has 1 N–H and O–H groups in total. The second-order valence-corrected chi connectivity index (χ2v) is 6.53. The molecule has 2 heterocycles. The molecule has 0 spiro atoms. The van der Waals surface area contributed by atoms with E-state index in [9.17, 15) is 0 Å². The zero-order chi connectivity index (χ0) is 16.2. The van der Waals surface area contributed by atoms with Crippen molar-refractivity contribution >= 4 is 5.95 Å². The highest BCUT2D eigenvalue weighted by Crippen LogP contribution is 2.33. The standard InChI is InChI=1S/C17H25N5O/c1-12-6-5-9-18-16(12)13-7-4-8-14(10-13)19-11-15-20-17(21-23-15)22(2)3/h5-6,9,13-14,19H,4,7-8,10-11H2,1-3H3. The molecule has 0 amide bonds. The lowest BCUT2D eigenvalue weighted by molar-refractivity contribution is 0.307. The van der Waals surface area contributed by atoms with E-state index in [0.717, 1.165) is 6.42 Å². The molecular weight excluding hydrogens is 290 g/mol. The van der Waals surface area contributed by atoms with Gasteiger partial charge < -0.3 is 14.7 Å². The first-order valence-electron chi connectivity index (χ1n) is 8.28. The highest BCUT2D eigenvalue weighted by atomic mass is 16.5. The highest BCUT2D eigenvalue weighted by Gasteiger charge is 2.25. The van der Waals surface area contributed by atoms with Crippen LogP contribution in [0.15, 0.2) is 22.9 Å². The summed E-state index contributed by atoms with van der Waals surface area (Å²) in [6, 6.07) is 4.64. The Kier molecular flexibility index (Phi) is 4.91. The van der Waals surface area contributed by atoms with Crippen molar-refractivity contribution in [3.8, 4) is 0 Å². The van der Waals surface area contributed by atoms with Crippen molar-refractivity contribution < 1.29 is 4.52 Å². The summed E-state index contributed by atoms with van der Waals surface area (Å²) in [6.45, 7) is 2.78. The predicted molar refractivity (Wildman–Crippen MR) is 89.4 cm³/mol. The number of rotatable bonds is 5. The van der Waals surface area contributed by atoms with E-state index >= 15 is 0 Å². The predicted octanol–water partition coefficient (Wildman–Crippen LogP) is 2.66. The number of nitrogens with zero attached hydrogens (tertiary/aromatic N) is 4. The molecule has 2 unspecified atom stereocenters. The van der Waals surface area contributed by atoms with Gasteiger partial charge in [0, 0.05) is 37.9 Å². The average Bonchev–Trinajstić information content (AvgIpc) is 3.03. The largest absolute Gasteiger partial charge is 0.344 e. The number of aryl methyl sites for hydroxylation is 1. The maximum Gasteiger partial charge on any atom is 0.265 e. The lowest BCUT2D eigenvalue weighted by Crippen LogP contribution is -2.33. The molecule has 0 aliphatic heterocycles. The Bertz CT molecular complexity index is 639. The van der Waals surface area contributed by atoms with Crippen LogP contribution in [0.25, 0.3) is 0 Å². The molecule has 0 saturated heterocycles. The van der Waals surface area contributed by atoms with Crippen molar-refractivity contribution in [2.24, 2.45) is 0 Å². The summed E-state index contributed by atoms with van der Waals surface area (Å²) in [5.74, 6) is 1.81. The third-order valence-corrected chi connectivity index (χ3v) is 4.51. The van der Waals surface area contributed by atoms with Gasteiger partial charge in [0.05, 0.1) is 6.54 Å². The van der Waals surface area contributed by atoms with Crippen LogP contribution >= 0.6 is 0 Å². The maximum atomic E-state index is 5.27. The number of hydrogen-bond donors (Lipinski definition) is 1. The van der Waals surface area contributed by atoms with Crippen molar-refractivity contribution in [2.75, 3.05) is 19.0 Å².